The molecule has 27 heavy (non-hydrogen) atoms. The van der Waals surface area contributed by atoms with E-state index >= 15 is 0 Å². The topological polar surface area (TPSA) is 57.7 Å². The van der Waals surface area contributed by atoms with Gasteiger partial charge >= 0.3 is 0 Å². The van der Waals surface area contributed by atoms with Gasteiger partial charge in [-0.25, -0.2) is 8.42 Å². The van der Waals surface area contributed by atoms with E-state index in [1.54, 1.807) is 36.9 Å². The quantitative estimate of drug-likeness (QED) is 0.776. The molecular weight excluding hydrogens is 384 g/mol. The molecule has 2 atom stereocenters. The van der Waals surface area contributed by atoms with Gasteiger partial charge in [0.25, 0.3) is 5.91 Å². The minimum Gasteiger partial charge on any atom is -0.307 e. The second kappa shape index (κ2) is 7.17. The van der Waals surface area contributed by atoms with Crippen LogP contribution in [0, 0.1) is 6.92 Å². The lowest BCUT2D eigenvalue weighted by atomic mass is 10.1. The van der Waals surface area contributed by atoms with Crippen LogP contribution >= 0.6 is 11.6 Å². The first kappa shape index (κ1) is 19.7. The van der Waals surface area contributed by atoms with Crippen LogP contribution in [0.2, 0.25) is 5.02 Å². The fourth-order valence-electron chi connectivity index (χ4n) is 3.70. The lowest BCUT2D eigenvalue weighted by Crippen LogP contribution is -2.51. The molecule has 1 aliphatic heterocycles. The Morgan fingerprint density at radius 1 is 1.26 bits per heavy atom. The third-order valence-electron chi connectivity index (χ3n) is 4.92. The van der Waals surface area contributed by atoms with E-state index < -0.39 is 16.1 Å². The number of amides is 1. The van der Waals surface area contributed by atoms with Crippen molar-refractivity contribution in [3.63, 3.8) is 0 Å². The number of sulfonamides is 1. The Bertz CT molecular complexity index is 990. The lowest BCUT2D eigenvalue weighted by molar-refractivity contribution is -0.119. The average molecular weight is 407 g/mol. The Balaban J connectivity index is 2.04. The number of anilines is 2. The van der Waals surface area contributed by atoms with E-state index in [0.717, 1.165) is 29.5 Å². The van der Waals surface area contributed by atoms with Crippen molar-refractivity contribution in [3.8, 4) is 0 Å². The zero-order valence-corrected chi connectivity index (χ0v) is 17.4. The standard InChI is InChI=1S/C20H23ClN2O3S/c1-13-9-10-17(21)12-19(13)23(27(4,25)26)15(3)20(24)22-14(2)11-16-7-5-6-8-18(16)22/h5-10,12,14-15H,11H2,1-4H3/t14-,15+/m0/s1. The number of halogens is 1. The molecule has 7 heteroatoms. The molecule has 144 valence electrons. The van der Waals surface area contributed by atoms with Crippen LogP contribution < -0.4 is 9.21 Å². The van der Waals surface area contributed by atoms with Crippen LogP contribution in [0.15, 0.2) is 42.5 Å². The molecule has 0 fully saturated rings. The van der Waals surface area contributed by atoms with Crippen molar-refractivity contribution in [2.45, 2.75) is 39.3 Å². The number of hydrogen-bond donors (Lipinski definition) is 0. The minimum atomic E-state index is -3.70. The summed E-state index contributed by atoms with van der Waals surface area (Å²) in [5, 5.41) is 0.420. The van der Waals surface area contributed by atoms with Crippen LogP contribution in [0.3, 0.4) is 0 Å². The van der Waals surface area contributed by atoms with Gasteiger partial charge in [-0.1, -0.05) is 35.9 Å². The fraction of sp³-hybridized carbons (Fsp3) is 0.350. The molecule has 1 aliphatic rings. The van der Waals surface area contributed by atoms with Crippen molar-refractivity contribution in [2.24, 2.45) is 0 Å². The Kier molecular flexibility index (Phi) is 5.23. The minimum absolute atomic E-state index is 0.0285. The number of benzene rings is 2. The van der Waals surface area contributed by atoms with Crippen LogP contribution in [0.1, 0.15) is 25.0 Å². The number of hydrogen-bond acceptors (Lipinski definition) is 3. The number of fused-ring (bicyclic) bond motifs is 1. The molecule has 0 aliphatic carbocycles. The summed E-state index contributed by atoms with van der Waals surface area (Å²) in [4.78, 5) is 15.1. The van der Waals surface area contributed by atoms with Gasteiger partial charge < -0.3 is 4.90 Å². The summed E-state index contributed by atoms with van der Waals surface area (Å²) < 4.78 is 26.4. The van der Waals surface area contributed by atoms with E-state index in [4.69, 9.17) is 11.6 Å². The van der Waals surface area contributed by atoms with Crippen molar-refractivity contribution in [3.05, 3.63) is 58.6 Å². The predicted octanol–water partition coefficient (Wildman–Crippen LogP) is 3.78. The molecule has 0 saturated heterocycles. The first-order valence-electron chi connectivity index (χ1n) is 8.78. The van der Waals surface area contributed by atoms with Crippen LogP contribution in [-0.4, -0.2) is 32.7 Å². The van der Waals surface area contributed by atoms with E-state index in [9.17, 15) is 13.2 Å². The molecule has 3 rings (SSSR count). The maximum Gasteiger partial charge on any atom is 0.250 e. The molecule has 0 radical (unpaired) electrons. The monoisotopic (exact) mass is 406 g/mol. The maximum atomic E-state index is 13.4. The third-order valence-corrected chi connectivity index (χ3v) is 6.38. The van der Waals surface area contributed by atoms with Crippen LogP contribution in [0.4, 0.5) is 11.4 Å². The van der Waals surface area contributed by atoms with Crippen molar-refractivity contribution >= 4 is 38.9 Å². The molecule has 2 aromatic carbocycles. The number of para-hydroxylation sites is 1. The van der Waals surface area contributed by atoms with Crippen LogP contribution in [-0.2, 0) is 21.2 Å². The molecular formula is C20H23ClN2O3S. The largest absolute Gasteiger partial charge is 0.307 e. The highest BCUT2D eigenvalue weighted by Crippen LogP contribution is 2.34. The molecule has 0 spiro atoms. The molecule has 0 unspecified atom stereocenters. The van der Waals surface area contributed by atoms with Gasteiger partial charge in [-0.3, -0.25) is 9.10 Å². The molecule has 0 N–H and O–H groups in total. The molecule has 0 saturated carbocycles. The van der Waals surface area contributed by atoms with Crippen molar-refractivity contribution in [1.82, 2.24) is 0 Å². The summed E-state index contributed by atoms with van der Waals surface area (Å²) in [6.07, 6.45) is 1.86. The van der Waals surface area contributed by atoms with E-state index in [2.05, 4.69) is 0 Å². The summed E-state index contributed by atoms with van der Waals surface area (Å²) in [5.41, 5.74) is 3.10. The van der Waals surface area contributed by atoms with E-state index in [-0.39, 0.29) is 11.9 Å². The van der Waals surface area contributed by atoms with Gasteiger partial charge in [0.15, 0.2) is 0 Å². The Morgan fingerprint density at radius 3 is 2.59 bits per heavy atom. The van der Waals surface area contributed by atoms with Gasteiger partial charge in [0, 0.05) is 16.8 Å². The fourth-order valence-corrected chi connectivity index (χ4v) is 5.08. The molecule has 0 bridgehead atoms. The zero-order valence-electron chi connectivity index (χ0n) is 15.8. The second-order valence-electron chi connectivity index (χ2n) is 7.06. The van der Waals surface area contributed by atoms with Crippen molar-refractivity contribution < 1.29 is 13.2 Å². The molecule has 1 amide bonds. The van der Waals surface area contributed by atoms with Gasteiger partial charge in [0.05, 0.1) is 11.9 Å². The molecule has 1 heterocycles. The van der Waals surface area contributed by atoms with Gasteiger partial charge in [-0.05, 0) is 56.5 Å². The molecule has 0 aromatic heterocycles. The second-order valence-corrected chi connectivity index (χ2v) is 9.35. The summed E-state index contributed by atoms with van der Waals surface area (Å²) in [6, 6.07) is 11.8. The Labute approximate surface area is 165 Å². The van der Waals surface area contributed by atoms with Crippen molar-refractivity contribution in [2.75, 3.05) is 15.5 Å². The van der Waals surface area contributed by atoms with E-state index in [1.165, 1.54) is 4.31 Å². The Morgan fingerprint density at radius 2 is 1.93 bits per heavy atom. The molecule has 2 aromatic rings. The smallest absolute Gasteiger partial charge is 0.250 e. The molecule has 5 nitrogen and oxygen atoms in total. The number of rotatable bonds is 4. The Hall–Kier alpha value is -2.05. The van der Waals surface area contributed by atoms with Gasteiger partial charge in [0.1, 0.15) is 6.04 Å². The number of carbonyl (C=O) groups excluding carboxylic acids is 1. The van der Waals surface area contributed by atoms with Crippen molar-refractivity contribution in [1.29, 1.82) is 0 Å². The predicted molar refractivity (Wildman–Crippen MR) is 110 cm³/mol. The summed E-state index contributed by atoms with van der Waals surface area (Å²) in [5.74, 6) is -0.253. The highest BCUT2D eigenvalue weighted by molar-refractivity contribution is 7.92. The SMILES string of the molecule is Cc1ccc(Cl)cc1N([C@H](C)C(=O)N1c2ccccc2C[C@@H]1C)S(C)(=O)=O. The first-order chi connectivity index (χ1) is 12.6. The first-order valence-corrected chi connectivity index (χ1v) is 11.0. The lowest BCUT2D eigenvalue weighted by Gasteiger charge is -2.33. The van der Waals surface area contributed by atoms with E-state index in [1.807, 2.05) is 31.2 Å². The summed E-state index contributed by atoms with van der Waals surface area (Å²) in [7, 11) is -3.70. The third kappa shape index (κ3) is 3.69. The number of aryl methyl sites for hydroxylation is 1. The van der Waals surface area contributed by atoms with Crippen LogP contribution in [0.25, 0.3) is 0 Å². The van der Waals surface area contributed by atoms with Gasteiger partial charge in [-0.2, -0.15) is 0 Å². The maximum absolute atomic E-state index is 13.4. The zero-order chi connectivity index (χ0) is 19.9. The number of carbonyl (C=O) groups is 1. The van der Waals surface area contributed by atoms with Gasteiger partial charge in [-0.15, -0.1) is 0 Å². The normalized spacial score (nSPS) is 17.5. The summed E-state index contributed by atoms with van der Waals surface area (Å²) >= 11 is 6.10. The number of nitrogens with zero attached hydrogens (tertiary/aromatic N) is 2. The average Bonchev–Trinajstić information content (AvgIpc) is 2.92. The van der Waals surface area contributed by atoms with Crippen LogP contribution in [0.5, 0.6) is 0 Å². The van der Waals surface area contributed by atoms with Gasteiger partial charge in [0.2, 0.25) is 10.0 Å². The highest BCUT2D eigenvalue weighted by Gasteiger charge is 2.38. The summed E-state index contributed by atoms with van der Waals surface area (Å²) in [6.45, 7) is 5.40. The highest BCUT2D eigenvalue weighted by atomic mass is 35.5. The van der Waals surface area contributed by atoms with E-state index in [0.29, 0.717) is 10.7 Å².